The Balaban J connectivity index is 1.62. The van der Waals surface area contributed by atoms with Crippen LogP contribution in [0.5, 0.6) is 0 Å². The van der Waals surface area contributed by atoms with Crippen molar-refractivity contribution in [2.45, 2.75) is 31.2 Å². The summed E-state index contributed by atoms with van der Waals surface area (Å²) in [6.07, 6.45) is -3.06. The van der Waals surface area contributed by atoms with Gasteiger partial charge < -0.3 is 14.4 Å². The number of hydrogen-bond donors (Lipinski definition) is 0. The normalized spacial score (nSPS) is 14.9. The van der Waals surface area contributed by atoms with E-state index >= 15 is 0 Å². The summed E-state index contributed by atoms with van der Waals surface area (Å²) < 4.78 is 40.6. The SMILES string of the molecule is CC(C)n1cnnc1SCC(=O)N1CCN(c2ccc(C(F)(F)F)cc2[N+](=O)[O-])CC1. The van der Waals surface area contributed by atoms with Crippen LogP contribution in [0.15, 0.2) is 29.7 Å². The molecule has 31 heavy (non-hydrogen) atoms. The molecule has 0 unspecified atom stereocenters. The van der Waals surface area contributed by atoms with Gasteiger partial charge in [0.25, 0.3) is 5.69 Å². The molecule has 0 atom stereocenters. The molecule has 0 bridgehead atoms. The minimum atomic E-state index is -4.66. The molecule has 0 aliphatic carbocycles. The minimum Gasteiger partial charge on any atom is -0.362 e. The van der Waals surface area contributed by atoms with Gasteiger partial charge in [0.15, 0.2) is 5.16 Å². The molecule has 1 aromatic heterocycles. The third kappa shape index (κ3) is 5.27. The number of hydrogen-bond acceptors (Lipinski definition) is 7. The van der Waals surface area contributed by atoms with Crippen molar-refractivity contribution in [2.24, 2.45) is 0 Å². The maximum atomic E-state index is 12.9. The Hall–Kier alpha value is -2.83. The van der Waals surface area contributed by atoms with Gasteiger partial charge in [-0.1, -0.05) is 11.8 Å². The number of carbonyl (C=O) groups excluding carboxylic acids is 1. The van der Waals surface area contributed by atoms with Gasteiger partial charge in [-0.3, -0.25) is 14.9 Å². The molecular weight excluding hydrogens is 437 g/mol. The molecule has 0 N–H and O–H groups in total. The number of benzene rings is 1. The quantitative estimate of drug-likeness (QED) is 0.372. The maximum Gasteiger partial charge on any atom is 0.416 e. The third-order valence-electron chi connectivity index (χ3n) is 4.89. The number of nitro groups is 1. The topological polar surface area (TPSA) is 97.4 Å². The fraction of sp³-hybridized carbons (Fsp3) is 0.500. The van der Waals surface area contributed by atoms with Gasteiger partial charge in [-0.05, 0) is 26.0 Å². The van der Waals surface area contributed by atoms with Crippen LogP contribution in [0.25, 0.3) is 0 Å². The molecule has 168 valence electrons. The van der Waals surface area contributed by atoms with Crippen molar-refractivity contribution in [2.75, 3.05) is 36.8 Å². The molecule has 1 aliphatic heterocycles. The second-order valence-electron chi connectivity index (χ2n) is 7.23. The van der Waals surface area contributed by atoms with Crippen molar-refractivity contribution in [3.05, 3.63) is 40.2 Å². The van der Waals surface area contributed by atoms with Crippen molar-refractivity contribution in [1.82, 2.24) is 19.7 Å². The van der Waals surface area contributed by atoms with Crippen LogP contribution in [0.2, 0.25) is 0 Å². The molecule has 0 radical (unpaired) electrons. The van der Waals surface area contributed by atoms with E-state index < -0.39 is 22.4 Å². The Morgan fingerprint density at radius 1 is 1.26 bits per heavy atom. The Kier molecular flexibility index (Phi) is 6.72. The van der Waals surface area contributed by atoms with Crippen molar-refractivity contribution in [3.8, 4) is 0 Å². The van der Waals surface area contributed by atoms with Gasteiger partial charge in [0.2, 0.25) is 5.91 Å². The number of carbonyl (C=O) groups is 1. The van der Waals surface area contributed by atoms with Crippen molar-refractivity contribution in [3.63, 3.8) is 0 Å². The van der Waals surface area contributed by atoms with Crippen LogP contribution < -0.4 is 4.90 Å². The first-order valence-electron chi connectivity index (χ1n) is 9.48. The summed E-state index contributed by atoms with van der Waals surface area (Å²) in [5.74, 6) is 0.0659. The Morgan fingerprint density at radius 2 is 1.94 bits per heavy atom. The zero-order valence-electron chi connectivity index (χ0n) is 16.9. The van der Waals surface area contributed by atoms with Crippen LogP contribution in [-0.4, -0.2) is 62.4 Å². The number of piperazine rings is 1. The minimum absolute atomic E-state index is 0.107. The van der Waals surface area contributed by atoms with Gasteiger partial charge in [0, 0.05) is 38.3 Å². The third-order valence-corrected chi connectivity index (χ3v) is 5.84. The number of amides is 1. The first kappa shape index (κ1) is 22.8. The highest BCUT2D eigenvalue weighted by Crippen LogP contribution is 2.36. The average molecular weight is 458 g/mol. The number of halogens is 3. The summed E-state index contributed by atoms with van der Waals surface area (Å²) in [6.45, 7) is 5.16. The molecule has 0 spiro atoms. The Morgan fingerprint density at radius 3 is 2.52 bits per heavy atom. The van der Waals surface area contributed by atoms with E-state index in [4.69, 9.17) is 0 Å². The number of nitrogens with zero attached hydrogens (tertiary/aromatic N) is 6. The van der Waals surface area contributed by atoms with E-state index in [1.807, 2.05) is 18.4 Å². The van der Waals surface area contributed by atoms with Gasteiger partial charge in [-0.15, -0.1) is 10.2 Å². The first-order valence-corrected chi connectivity index (χ1v) is 10.5. The van der Waals surface area contributed by atoms with Crippen LogP contribution in [0.3, 0.4) is 0 Å². The summed E-state index contributed by atoms with van der Waals surface area (Å²) in [4.78, 5) is 26.3. The second-order valence-corrected chi connectivity index (χ2v) is 8.17. The van der Waals surface area contributed by atoms with Gasteiger partial charge in [-0.25, -0.2) is 0 Å². The lowest BCUT2D eigenvalue weighted by Crippen LogP contribution is -2.49. The van der Waals surface area contributed by atoms with Crippen molar-refractivity contribution >= 4 is 29.0 Å². The summed E-state index contributed by atoms with van der Waals surface area (Å²) in [6, 6.07) is 2.67. The fourth-order valence-electron chi connectivity index (χ4n) is 3.22. The monoisotopic (exact) mass is 458 g/mol. The smallest absolute Gasteiger partial charge is 0.362 e. The van der Waals surface area contributed by atoms with E-state index in [1.165, 1.54) is 11.8 Å². The number of alkyl halides is 3. The summed E-state index contributed by atoms with van der Waals surface area (Å²) in [7, 11) is 0. The van der Waals surface area contributed by atoms with E-state index in [9.17, 15) is 28.1 Å². The van der Waals surface area contributed by atoms with E-state index in [0.29, 0.717) is 24.3 Å². The lowest BCUT2D eigenvalue weighted by Gasteiger charge is -2.35. The van der Waals surface area contributed by atoms with Crippen LogP contribution in [0.1, 0.15) is 25.5 Å². The molecule has 3 rings (SSSR count). The fourth-order valence-corrected chi connectivity index (χ4v) is 4.16. The average Bonchev–Trinajstić information content (AvgIpc) is 3.20. The highest BCUT2D eigenvalue weighted by Gasteiger charge is 2.34. The summed E-state index contributed by atoms with van der Waals surface area (Å²) in [5, 5.41) is 19.8. The van der Waals surface area contributed by atoms with Crippen molar-refractivity contribution in [1.29, 1.82) is 0 Å². The highest BCUT2D eigenvalue weighted by molar-refractivity contribution is 7.99. The molecule has 2 aromatic rings. The Bertz CT molecular complexity index is 957. The summed E-state index contributed by atoms with van der Waals surface area (Å²) >= 11 is 1.28. The lowest BCUT2D eigenvalue weighted by atomic mass is 10.1. The number of anilines is 1. The standard InChI is InChI=1S/C18H21F3N6O3S/c1-12(2)26-11-22-23-17(26)31-10-16(28)25-7-5-24(6-8-25)14-4-3-13(18(19,20)21)9-15(14)27(29)30/h3-4,9,11-12H,5-8,10H2,1-2H3. The van der Waals surface area contributed by atoms with Gasteiger partial charge >= 0.3 is 6.18 Å². The molecule has 1 amide bonds. The van der Waals surface area contributed by atoms with Gasteiger partial charge in [-0.2, -0.15) is 13.2 Å². The predicted molar refractivity (Wildman–Crippen MR) is 108 cm³/mol. The predicted octanol–water partition coefficient (Wildman–Crippen LogP) is 3.23. The summed E-state index contributed by atoms with van der Waals surface area (Å²) in [5.41, 5.74) is -1.55. The maximum absolute atomic E-state index is 12.9. The highest BCUT2D eigenvalue weighted by atomic mass is 32.2. The largest absolute Gasteiger partial charge is 0.416 e. The molecule has 1 aromatic carbocycles. The zero-order valence-corrected chi connectivity index (χ0v) is 17.7. The number of thioether (sulfide) groups is 1. The van der Waals surface area contributed by atoms with E-state index in [0.717, 1.165) is 12.1 Å². The molecule has 13 heteroatoms. The molecular formula is C18H21F3N6O3S. The molecule has 1 fully saturated rings. The van der Waals surface area contributed by atoms with Gasteiger partial charge in [0.05, 0.1) is 16.2 Å². The first-order chi connectivity index (χ1) is 14.6. The van der Waals surface area contributed by atoms with Crippen LogP contribution in [-0.2, 0) is 11.0 Å². The zero-order chi connectivity index (χ0) is 22.8. The molecule has 9 nitrogen and oxygen atoms in total. The van der Waals surface area contributed by atoms with Crippen LogP contribution >= 0.6 is 11.8 Å². The van der Waals surface area contributed by atoms with Crippen LogP contribution in [0, 0.1) is 10.1 Å². The number of rotatable bonds is 6. The van der Waals surface area contributed by atoms with Gasteiger partial charge in [0.1, 0.15) is 12.0 Å². The number of nitro benzene ring substituents is 1. The number of aromatic nitrogens is 3. The van der Waals surface area contributed by atoms with E-state index in [-0.39, 0.29) is 36.5 Å². The van der Waals surface area contributed by atoms with E-state index in [2.05, 4.69) is 10.2 Å². The van der Waals surface area contributed by atoms with Crippen molar-refractivity contribution < 1.29 is 22.9 Å². The van der Waals surface area contributed by atoms with Crippen LogP contribution in [0.4, 0.5) is 24.5 Å². The Labute approximate surface area is 180 Å². The molecule has 1 saturated heterocycles. The second kappa shape index (κ2) is 9.12. The lowest BCUT2D eigenvalue weighted by molar-refractivity contribution is -0.384. The molecule has 0 saturated carbocycles. The van der Waals surface area contributed by atoms with E-state index in [1.54, 1.807) is 16.1 Å². The molecule has 1 aliphatic rings. The molecule has 2 heterocycles.